The van der Waals surface area contributed by atoms with Crippen molar-refractivity contribution in [3.8, 4) is 0 Å². The molecule has 0 spiro atoms. The minimum Gasteiger partial charge on any atom is -0.379 e. The Morgan fingerprint density at radius 2 is 1.94 bits per heavy atom. The predicted molar refractivity (Wildman–Crippen MR) is 65.4 cm³/mol. The summed E-state index contributed by atoms with van der Waals surface area (Å²) in [6.45, 7) is 6.90. The maximum absolute atomic E-state index is 12.3. The monoisotopic (exact) mass is 249 g/mol. The Morgan fingerprint density at radius 1 is 1.38 bits per heavy atom. The average Bonchev–Trinajstić information content (AvgIpc) is 2.93. The van der Waals surface area contributed by atoms with E-state index in [4.69, 9.17) is 4.74 Å². The molecular weight excluding hydrogens is 226 g/mol. The molecule has 0 aromatic carbocycles. The van der Waals surface area contributed by atoms with Crippen molar-refractivity contribution in [2.75, 3.05) is 26.8 Å². The molecule has 0 radical (unpaired) electrons. The molecule has 1 rings (SSSR count). The summed E-state index contributed by atoms with van der Waals surface area (Å²) in [5.74, 6) is 0. The molecule has 1 aliphatic rings. The molecule has 96 valence electrons. The molecule has 0 aromatic rings. The Kier molecular flexibility index (Phi) is 4.03. The van der Waals surface area contributed by atoms with Gasteiger partial charge in [0.05, 0.1) is 22.7 Å². The van der Waals surface area contributed by atoms with Gasteiger partial charge in [0.25, 0.3) is 0 Å². The first-order chi connectivity index (χ1) is 7.27. The zero-order chi connectivity index (χ0) is 12.4. The first kappa shape index (κ1) is 13.9. The number of likely N-dealkylation sites (N-methyl/N-ethyl adjacent to an activating group) is 1. The molecular formula is C11H23NO3S. The lowest BCUT2D eigenvalue weighted by Gasteiger charge is -2.28. The predicted octanol–water partition coefficient (Wildman–Crippen LogP) is 0.968. The molecule has 4 nitrogen and oxygen atoms in total. The van der Waals surface area contributed by atoms with Gasteiger partial charge in [-0.2, -0.15) is 0 Å². The first-order valence-electron chi connectivity index (χ1n) is 5.73. The number of sulfone groups is 1. The standard InChI is InChI=1S/C11H23NO3S/c1-10(2,9-15-8-7-12-4)16(13,14)11(3)5-6-11/h12H,5-9H2,1-4H3. The molecule has 0 amide bonds. The SMILES string of the molecule is CNCCOCC(C)(C)S(=O)(=O)C1(C)CC1. The van der Waals surface area contributed by atoms with E-state index in [-0.39, 0.29) is 6.61 Å². The largest absolute Gasteiger partial charge is 0.379 e. The molecule has 1 saturated carbocycles. The first-order valence-corrected chi connectivity index (χ1v) is 7.22. The zero-order valence-corrected chi connectivity index (χ0v) is 11.5. The minimum absolute atomic E-state index is 0.270. The van der Waals surface area contributed by atoms with Crippen LogP contribution in [0.25, 0.3) is 0 Å². The summed E-state index contributed by atoms with van der Waals surface area (Å²) >= 11 is 0. The van der Waals surface area contributed by atoms with E-state index in [9.17, 15) is 8.42 Å². The fraction of sp³-hybridized carbons (Fsp3) is 1.00. The number of rotatable bonds is 7. The van der Waals surface area contributed by atoms with Crippen LogP contribution in [0.15, 0.2) is 0 Å². The van der Waals surface area contributed by atoms with Crippen molar-refractivity contribution < 1.29 is 13.2 Å². The van der Waals surface area contributed by atoms with Crippen LogP contribution < -0.4 is 5.32 Å². The van der Waals surface area contributed by atoms with Crippen LogP contribution in [0.1, 0.15) is 33.6 Å². The van der Waals surface area contributed by atoms with Crippen LogP contribution in [0.2, 0.25) is 0 Å². The van der Waals surface area contributed by atoms with Gasteiger partial charge in [0.15, 0.2) is 9.84 Å². The maximum atomic E-state index is 12.3. The van der Waals surface area contributed by atoms with Crippen LogP contribution in [-0.2, 0) is 14.6 Å². The number of ether oxygens (including phenoxy) is 1. The normalized spacial score (nSPS) is 19.8. The van der Waals surface area contributed by atoms with Crippen molar-refractivity contribution in [3.05, 3.63) is 0 Å². The number of nitrogens with one attached hydrogen (secondary N) is 1. The van der Waals surface area contributed by atoms with Crippen molar-refractivity contribution >= 4 is 9.84 Å². The van der Waals surface area contributed by atoms with E-state index in [0.717, 1.165) is 19.4 Å². The molecule has 0 atom stereocenters. The molecule has 5 heteroatoms. The molecule has 1 aliphatic carbocycles. The third-order valence-electron chi connectivity index (χ3n) is 3.28. The number of hydrogen-bond acceptors (Lipinski definition) is 4. The van der Waals surface area contributed by atoms with Gasteiger partial charge in [-0.05, 0) is 40.7 Å². The van der Waals surface area contributed by atoms with Crippen LogP contribution in [0.3, 0.4) is 0 Å². The molecule has 0 aliphatic heterocycles. The van der Waals surface area contributed by atoms with Crippen LogP contribution in [0, 0.1) is 0 Å². The van der Waals surface area contributed by atoms with Crippen molar-refractivity contribution in [2.45, 2.75) is 43.1 Å². The van der Waals surface area contributed by atoms with Gasteiger partial charge >= 0.3 is 0 Å². The Hall–Kier alpha value is -0.130. The van der Waals surface area contributed by atoms with Gasteiger partial charge in [0.2, 0.25) is 0 Å². The summed E-state index contributed by atoms with van der Waals surface area (Å²) < 4.78 is 28.7. The summed E-state index contributed by atoms with van der Waals surface area (Å²) in [7, 11) is -1.25. The van der Waals surface area contributed by atoms with E-state index in [1.54, 1.807) is 13.8 Å². The van der Waals surface area contributed by atoms with Gasteiger partial charge in [-0.3, -0.25) is 0 Å². The van der Waals surface area contributed by atoms with Crippen molar-refractivity contribution in [1.82, 2.24) is 5.32 Å². The second-order valence-corrected chi connectivity index (χ2v) is 8.47. The van der Waals surface area contributed by atoms with Gasteiger partial charge < -0.3 is 10.1 Å². The molecule has 16 heavy (non-hydrogen) atoms. The van der Waals surface area contributed by atoms with Crippen molar-refractivity contribution in [1.29, 1.82) is 0 Å². The lowest BCUT2D eigenvalue weighted by Crippen LogP contribution is -2.43. The summed E-state index contributed by atoms with van der Waals surface area (Å²) in [6.07, 6.45) is 1.57. The van der Waals surface area contributed by atoms with Gasteiger partial charge in [-0.25, -0.2) is 8.42 Å². The summed E-state index contributed by atoms with van der Waals surface area (Å²) in [4.78, 5) is 0. The Labute approximate surface area is 98.7 Å². The molecule has 0 aromatic heterocycles. The minimum atomic E-state index is -3.10. The highest BCUT2D eigenvalue weighted by Crippen LogP contribution is 2.47. The van der Waals surface area contributed by atoms with Gasteiger partial charge in [0, 0.05) is 6.54 Å². The van der Waals surface area contributed by atoms with Crippen LogP contribution in [0.5, 0.6) is 0 Å². The van der Waals surface area contributed by atoms with E-state index in [2.05, 4.69) is 5.32 Å². The van der Waals surface area contributed by atoms with E-state index in [1.807, 2.05) is 14.0 Å². The molecule has 0 heterocycles. The summed E-state index contributed by atoms with van der Waals surface area (Å²) in [5.41, 5.74) is 0. The quantitative estimate of drug-likeness (QED) is 0.683. The molecule has 0 saturated heterocycles. The second kappa shape index (κ2) is 4.63. The highest BCUT2D eigenvalue weighted by atomic mass is 32.2. The maximum Gasteiger partial charge on any atom is 0.163 e. The molecule has 1 N–H and O–H groups in total. The topological polar surface area (TPSA) is 55.4 Å². The van der Waals surface area contributed by atoms with E-state index in [0.29, 0.717) is 6.61 Å². The lowest BCUT2D eigenvalue weighted by molar-refractivity contribution is 0.119. The van der Waals surface area contributed by atoms with E-state index >= 15 is 0 Å². The Balaban J connectivity index is 2.56. The van der Waals surface area contributed by atoms with Gasteiger partial charge in [-0.15, -0.1) is 0 Å². The highest BCUT2D eigenvalue weighted by molar-refractivity contribution is 7.94. The van der Waals surface area contributed by atoms with E-state index < -0.39 is 19.3 Å². The Bertz CT molecular complexity index is 331. The second-order valence-electron chi connectivity index (χ2n) is 5.37. The smallest absolute Gasteiger partial charge is 0.163 e. The van der Waals surface area contributed by atoms with Crippen LogP contribution in [-0.4, -0.2) is 44.7 Å². The third-order valence-corrected chi connectivity index (χ3v) is 6.56. The fourth-order valence-electron chi connectivity index (χ4n) is 1.68. The van der Waals surface area contributed by atoms with Gasteiger partial charge in [-0.1, -0.05) is 0 Å². The third kappa shape index (κ3) is 2.57. The van der Waals surface area contributed by atoms with Crippen LogP contribution in [0.4, 0.5) is 0 Å². The summed E-state index contributed by atoms with van der Waals surface area (Å²) in [6, 6.07) is 0. The molecule has 0 unspecified atom stereocenters. The highest BCUT2D eigenvalue weighted by Gasteiger charge is 2.56. The lowest BCUT2D eigenvalue weighted by atomic mass is 10.2. The van der Waals surface area contributed by atoms with Crippen molar-refractivity contribution in [2.24, 2.45) is 0 Å². The average molecular weight is 249 g/mol. The van der Waals surface area contributed by atoms with Gasteiger partial charge in [0.1, 0.15) is 0 Å². The Morgan fingerprint density at radius 3 is 2.38 bits per heavy atom. The fourth-order valence-corrected chi connectivity index (χ4v) is 3.89. The molecule has 0 bridgehead atoms. The van der Waals surface area contributed by atoms with Crippen molar-refractivity contribution in [3.63, 3.8) is 0 Å². The zero-order valence-electron chi connectivity index (χ0n) is 10.7. The van der Waals surface area contributed by atoms with E-state index in [1.165, 1.54) is 0 Å². The summed E-state index contributed by atoms with van der Waals surface area (Å²) in [5, 5.41) is 2.96. The molecule has 1 fully saturated rings. The number of hydrogen-bond donors (Lipinski definition) is 1. The van der Waals surface area contributed by atoms with Crippen LogP contribution >= 0.6 is 0 Å².